The Morgan fingerprint density at radius 3 is 2.57 bits per heavy atom. The topological polar surface area (TPSA) is 83.5 Å². The Balaban J connectivity index is 3.98. The van der Waals surface area contributed by atoms with Crippen LogP contribution in [0.3, 0.4) is 0 Å². The largest absolute Gasteiger partial charge is 0.353 e. The highest BCUT2D eigenvalue weighted by atomic mass is 32.2. The molecule has 1 unspecified atom stereocenters. The fraction of sp³-hybridized carbons (Fsp3) is 0.625. The Kier molecular flexibility index (Phi) is 5.40. The second kappa shape index (κ2) is 5.77. The van der Waals surface area contributed by atoms with Crippen LogP contribution in [0.4, 0.5) is 0 Å². The van der Waals surface area contributed by atoms with Crippen LogP contribution in [0, 0.1) is 0 Å². The Hall–Kier alpha value is -0.880. The summed E-state index contributed by atoms with van der Waals surface area (Å²) in [5.74, 6) is -0.352. The predicted octanol–water partition coefficient (Wildman–Crippen LogP) is 0.345. The molecule has 0 saturated carbocycles. The van der Waals surface area contributed by atoms with Crippen molar-refractivity contribution in [3.8, 4) is 0 Å². The summed E-state index contributed by atoms with van der Waals surface area (Å²) < 4.78 is 30.2. The average Bonchev–Trinajstić information content (AvgIpc) is 2.09. The fourth-order valence-electron chi connectivity index (χ4n) is 0.992. The van der Waals surface area contributed by atoms with Crippen molar-refractivity contribution in [1.82, 2.24) is 5.32 Å². The highest BCUT2D eigenvalue weighted by Gasteiger charge is 2.20. The van der Waals surface area contributed by atoms with E-state index in [9.17, 15) is 13.2 Å². The Labute approximate surface area is 83.9 Å². The van der Waals surface area contributed by atoms with Gasteiger partial charge in [-0.15, -0.1) is 0 Å². The van der Waals surface area contributed by atoms with Gasteiger partial charge < -0.3 is 5.32 Å². The van der Waals surface area contributed by atoms with E-state index in [-0.39, 0.29) is 18.9 Å². The molecule has 1 atom stereocenters. The van der Waals surface area contributed by atoms with Gasteiger partial charge in [0, 0.05) is 6.54 Å². The number of amides is 1. The minimum absolute atomic E-state index is 0.203. The highest BCUT2D eigenvalue weighted by molar-refractivity contribution is 7.86. The number of rotatable bonds is 6. The molecule has 0 aromatic carbocycles. The van der Waals surface area contributed by atoms with Crippen LogP contribution in [0.5, 0.6) is 0 Å². The van der Waals surface area contributed by atoms with Crippen molar-refractivity contribution in [3.05, 3.63) is 12.7 Å². The van der Waals surface area contributed by atoms with Gasteiger partial charge in [0.05, 0.1) is 5.25 Å². The van der Waals surface area contributed by atoms with Crippen molar-refractivity contribution in [2.24, 2.45) is 0 Å². The molecule has 0 heterocycles. The molecule has 0 rings (SSSR count). The highest BCUT2D eigenvalue weighted by Crippen LogP contribution is 2.07. The van der Waals surface area contributed by atoms with E-state index in [1.54, 1.807) is 6.92 Å². The van der Waals surface area contributed by atoms with Crippen LogP contribution >= 0.6 is 0 Å². The van der Waals surface area contributed by atoms with Crippen molar-refractivity contribution in [2.45, 2.75) is 25.0 Å². The van der Waals surface area contributed by atoms with E-state index in [0.717, 1.165) is 6.08 Å². The molecule has 0 aliphatic rings. The molecule has 0 spiro atoms. The lowest BCUT2D eigenvalue weighted by Crippen LogP contribution is -2.28. The second-order valence-corrected chi connectivity index (χ2v) is 4.53. The monoisotopic (exact) mass is 221 g/mol. The van der Waals surface area contributed by atoms with Gasteiger partial charge in [-0.2, -0.15) is 8.42 Å². The van der Waals surface area contributed by atoms with Crippen LogP contribution in [0.2, 0.25) is 0 Å². The molecule has 1 amide bonds. The van der Waals surface area contributed by atoms with Gasteiger partial charge in [0.1, 0.15) is 0 Å². The maximum Gasteiger partial charge on any atom is 0.267 e. The third-order valence-corrected chi connectivity index (χ3v) is 3.24. The minimum atomic E-state index is -4.00. The van der Waals surface area contributed by atoms with E-state index in [4.69, 9.17) is 4.55 Å². The fourth-order valence-corrected chi connectivity index (χ4v) is 1.83. The van der Waals surface area contributed by atoms with Crippen LogP contribution < -0.4 is 5.32 Å². The molecule has 82 valence electrons. The first-order chi connectivity index (χ1) is 6.41. The summed E-state index contributed by atoms with van der Waals surface area (Å²) in [5, 5.41) is 1.62. The zero-order valence-corrected chi connectivity index (χ0v) is 8.88. The number of hydrogen-bond donors (Lipinski definition) is 2. The normalized spacial score (nSPS) is 13.3. The van der Waals surface area contributed by atoms with Crippen LogP contribution in [0.1, 0.15) is 19.8 Å². The van der Waals surface area contributed by atoms with Gasteiger partial charge in [0.25, 0.3) is 10.1 Å². The van der Waals surface area contributed by atoms with Crippen molar-refractivity contribution >= 4 is 16.0 Å². The minimum Gasteiger partial charge on any atom is -0.353 e. The molecule has 6 heteroatoms. The molecule has 0 aromatic heterocycles. The molecular weight excluding hydrogens is 206 g/mol. The van der Waals surface area contributed by atoms with E-state index in [1.807, 2.05) is 0 Å². The smallest absolute Gasteiger partial charge is 0.267 e. The first-order valence-electron chi connectivity index (χ1n) is 4.28. The molecule has 2 N–H and O–H groups in total. The van der Waals surface area contributed by atoms with E-state index >= 15 is 0 Å². The third-order valence-electron chi connectivity index (χ3n) is 1.83. The molecule has 14 heavy (non-hydrogen) atoms. The lowest BCUT2D eigenvalue weighted by atomic mass is 10.2. The molecule has 0 saturated heterocycles. The van der Waals surface area contributed by atoms with Gasteiger partial charge in [-0.1, -0.05) is 13.5 Å². The van der Waals surface area contributed by atoms with Gasteiger partial charge >= 0.3 is 0 Å². The molecule has 0 radical (unpaired) electrons. The van der Waals surface area contributed by atoms with E-state index in [2.05, 4.69) is 11.9 Å². The number of nitrogens with one attached hydrogen (secondary N) is 1. The van der Waals surface area contributed by atoms with Crippen molar-refractivity contribution in [1.29, 1.82) is 0 Å². The molecule has 0 aromatic rings. The lowest BCUT2D eigenvalue weighted by Gasteiger charge is -2.10. The van der Waals surface area contributed by atoms with Crippen molar-refractivity contribution in [2.75, 3.05) is 6.54 Å². The van der Waals surface area contributed by atoms with Crippen molar-refractivity contribution < 1.29 is 17.8 Å². The zero-order chi connectivity index (χ0) is 11.2. The summed E-state index contributed by atoms with van der Waals surface area (Å²) in [4.78, 5) is 10.7. The molecule has 0 bridgehead atoms. The number of carbonyl (C=O) groups is 1. The Bertz CT molecular complexity index is 296. The van der Waals surface area contributed by atoms with E-state index < -0.39 is 15.4 Å². The first kappa shape index (κ1) is 13.1. The van der Waals surface area contributed by atoms with Crippen LogP contribution in [0.25, 0.3) is 0 Å². The summed E-state index contributed by atoms with van der Waals surface area (Å²) in [5.41, 5.74) is 0. The quantitative estimate of drug-likeness (QED) is 0.500. The summed E-state index contributed by atoms with van der Waals surface area (Å²) in [6.45, 7) is 5.12. The van der Waals surface area contributed by atoms with Crippen molar-refractivity contribution in [3.63, 3.8) is 0 Å². The second-order valence-electron chi connectivity index (χ2n) is 2.83. The first-order valence-corrected chi connectivity index (χ1v) is 5.78. The Morgan fingerprint density at radius 2 is 2.21 bits per heavy atom. The van der Waals surface area contributed by atoms with Crippen LogP contribution in [0.15, 0.2) is 12.7 Å². The summed E-state index contributed by atoms with van der Waals surface area (Å²) in [7, 11) is -4.00. The summed E-state index contributed by atoms with van der Waals surface area (Å²) in [6.07, 6.45) is 1.63. The molecule has 0 aliphatic carbocycles. The molecular formula is C8H15NO4S. The number of carbonyl (C=O) groups excluding carboxylic acids is 1. The summed E-state index contributed by atoms with van der Waals surface area (Å²) in [6, 6.07) is 0. The molecule has 0 aliphatic heterocycles. The maximum atomic E-state index is 10.7. The van der Waals surface area contributed by atoms with Gasteiger partial charge in [0.2, 0.25) is 5.91 Å². The van der Waals surface area contributed by atoms with Crippen LogP contribution in [-0.4, -0.2) is 30.7 Å². The standard InChI is InChI=1S/C8H15NO4S/c1-3-7(14(11,12)13)5-6-9-8(10)4-2/h4,7H,2-3,5-6H2,1H3,(H,9,10)(H,11,12,13). The van der Waals surface area contributed by atoms with Gasteiger partial charge in [-0.25, -0.2) is 0 Å². The predicted molar refractivity (Wildman–Crippen MR) is 53.5 cm³/mol. The Morgan fingerprint density at radius 1 is 1.64 bits per heavy atom. The zero-order valence-electron chi connectivity index (χ0n) is 8.06. The summed E-state index contributed by atoms with van der Waals surface area (Å²) >= 11 is 0. The van der Waals surface area contributed by atoms with E-state index in [0.29, 0.717) is 6.42 Å². The number of hydrogen-bond acceptors (Lipinski definition) is 3. The van der Waals surface area contributed by atoms with Gasteiger partial charge in [-0.3, -0.25) is 9.35 Å². The molecule has 0 fully saturated rings. The van der Waals surface area contributed by atoms with E-state index in [1.165, 1.54) is 0 Å². The SMILES string of the molecule is C=CC(=O)NCCC(CC)S(=O)(=O)O. The maximum absolute atomic E-state index is 10.7. The van der Waals surface area contributed by atoms with Gasteiger partial charge in [0.15, 0.2) is 0 Å². The average molecular weight is 221 g/mol. The molecule has 5 nitrogen and oxygen atoms in total. The third kappa shape index (κ3) is 4.98. The van der Waals surface area contributed by atoms with Gasteiger partial charge in [-0.05, 0) is 18.9 Å². The van der Waals surface area contributed by atoms with Crippen LogP contribution in [-0.2, 0) is 14.9 Å². The lowest BCUT2D eigenvalue weighted by molar-refractivity contribution is -0.116.